The molecule has 4 heteroatoms. The van der Waals surface area contributed by atoms with Crippen molar-refractivity contribution in [1.82, 2.24) is 19.9 Å². The Kier molecular flexibility index (Phi) is 6.43. The fourth-order valence-corrected chi connectivity index (χ4v) is 5.70. The topological polar surface area (TPSA) is 51.6 Å². The molecule has 8 aromatic rings. The molecule has 0 amide bonds. The summed E-state index contributed by atoms with van der Waals surface area (Å²) in [5, 5.41) is 3.56. The van der Waals surface area contributed by atoms with Crippen LogP contribution in [0.15, 0.2) is 158 Å². The number of nitrogens with zero attached hydrogens (tertiary/aromatic N) is 4. The Morgan fingerprint density at radius 1 is 0.341 bits per heavy atom. The number of rotatable bonds is 5. The minimum Gasteiger partial charge on any atom is -0.256 e. The van der Waals surface area contributed by atoms with Crippen LogP contribution in [0.25, 0.3) is 78.1 Å². The van der Waals surface area contributed by atoms with E-state index in [2.05, 4.69) is 89.9 Å². The van der Waals surface area contributed by atoms with Crippen molar-refractivity contribution in [3.63, 3.8) is 0 Å². The highest BCUT2D eigenvalue weighted by atomic mass is 15.0. The number of hydrogen-bond donors (Lipinski definition) is 0. The number of fused-ring (bicyclic) bond motifs is 2. The van der Waals surface area contributed by atoms with Crippen LogP contribution in [-0.4, -0.2) is 19.9 Å². The molecular weight excluding hydrogens is 536 g/mol. The van der Waals surface area contributed by atoms with Crippen molar-refractivity contribution in [2.45, 2.75) is 0 Å². The Labute approximate surface area is 255 Å². The van der Waals surface area contributed by atoms with Crippen molar-refractivity contribution in [2.24, 2.45) is 0 Å². The molecule has 0 bridgehead atoms. The maximum atomic E-state index is 4.88. The maximum Gasteiger partial charge on any atom is 0.164 e. The zero-order valence-electron chi connectivity index (χ0n) is 23.8. The van der Waals surface area contributed by atoms with Crippen LogP contribution in [-0.2, 0) is 0 Å². The molecule has 44 heavy (non-hydrogen) atoms. The molecule has 0 N–H and O–H groups in total. The molecule has 0 atom stereocenters. The van der Waals surface area contributed by atoms with Gasteiger partial charge in [0.2, 0.25) is 0 Å². The first-order valence-corrected chi connectivity index (χ1v) is 14.6. The summed E-state index contributed by atoms with van der Waals surface area (Å²) >= 11 is 0. The smallest absolute Gasteiger partial charge is 0.164 e. The van der Waals surface area contributed by atoms with E-state index in [4.69, 9.17) is 15.0 Å². The molecule has 8 rings (SSSR count). The molecule has 0 saturated carbocycles. The Bertz CT molecular complexity index is 2200. The lowest BCUT2D eigenvalue weighted by atomic mass is 9.95. The number of hydrogen-bond acceptors (Lipinski definition) is 4. The summed E-state index contributed by atoms with van der Waals surface area (Å²) in [6, 6.07) is 52.3. The summed E-state index contributed by atoms with van der Waals surface area (Å²) in [6.07, 6.45) is 1.84. The molecule has 2 aromatic heterocycles. The van der Waals surface area contributed by atoms with Gasteiger partial charge in [0.05, 0.1) is 5.52 Å². The molecule has 0 unspecified atom stereocenters. The second-order valence-corrected chi connectivity index (χ2v) is 10.8. The molecule has 0 radical (unpaired) electrons. The normalized spacial score (nSPS) is 11.2. The third-order valence-corrected chi connectivity index (χ3v) is 7.97. The highest BCUT2D eigenvalue weighted by Crippen LogP contribution is 2.33. The van der Waals surface area contributed by atoms with E-state index in [0.717, 1.165) is 38.7 Å². The first kappa shape index (κ1) is 25.7. The molecule has 2 heterocycles. The van der Waals surface area contributed by atoms with Crippen LogP contribution in [0.4, 0.5) is 0 Å². The van der Waals surface area contributed by atoms with Gasteiger partial charge in [0.15, 0.2) is 17.5 Å². The molecular formula is C40H26N4. The Morgan fingerprint density at radius 2 is 0.886 bits per heavy atom. The lowest BCUT2D eigenvalue weighted by molar-refractivity contribution is 1.07. The third-order valence-electron chi connectivity index (χ3n) is 7.97. The van der Waals surface area contributed by atoms with Gasteiger partial charge in [-0.25, -0.2) is 15.0 Å². The van der Waals surface area contributed by atoms with E-state index in [0.29, 0.717) is 17.5 Å². The van der Waals surface area contributed by atoms with E-state index in [1.807, 2.05) is 72.9 Å². The minimum absolute atomic E-state index is 0.650. The molecule has 0 aliphatic rings. The summed E-state index contributed by atoms with van der Waals surface area (Å²) < 4.78 is 0. The summed E-state index contributed by atoms with van der Waals surface area (Å²) in [5.41, 5.74) is 8.53. The van der Waals surface area contributed by atoms with Crippen molar-refractivity contribution in [3.05, 3.63) is 158 Å². The second kappa shape index (κ2) is 11.0. The number of benzene rings is 6. The Balaban J connectivity index is 1.16. The van der Waals surface area contributed by atoms with Crippen LogP contribution in [0.5, 0.6) is 0 Å². The van der Waals surface area contributed by atoms with Crippen molar-refractivity contribution in [3.8, 4) is 56.4 Å². The third kappa shape index (κ3) is 4.89. The van der Waals surface area contributed by atoms with Gasteiger partial charge in [-0.05, 0) is 57.3 Å². The van der Waals surface area contributed by atoms with Crippen LogP contribution >= 0.6 is 0 Å². The van der Waals surface area contributed by atoms with Crippen LogP contribution < -0.4 is 0 Å². The molecule has 0 saturated heterocycles. The minimum atomic E-state index is 0.650. The van der Waals surface area contributed by atoms with Gasteiger partial charge in [-0.15, -0.1) is 0 Å². The summed E-state index contributed by atoms with van der Waals surface area (Å²) in [7, 11) is 0. The lowest BCUT2D eigenvalue weighted by Gasteiger charge is -2.10. The molecule has 4 nitrogen and oxygen atoms in total. The van der Waals surface area contributed by atoms with Crippen molar-refractivity contribution in [1.29, 1.82) is 0 Å². The van der Waals surface area contributed by atoms with Crippen LogP contribution in [0.2, 0.25) is 0 Å². The monoisotopic (exact) mass is 562 g/mol. The predicted octanol–water partition coefficient (Wildman–Crippen LogP) is 9.91. The Morgan fingerprint density at radius 3 is 1.55 bits per heavy atom. The number of aromatic nitrogens is 4. The van der Waals surface area contributed by atoms with E-state index in [1.54, 1.807) is 0 Å². The van der Waals surface area contributed by atoms with Gasteiger partial charge >= 0.3 is 0 Å². The number of pyridine rings is 1. The molecule has 0 aliphatic heterocycles. The van der Waals surface area contributed by atoms with Crippen molar-refractivity contribution >= 4 is 21.7 Å². The predicted molar refractivity (Wildman–Crippen MR) is 180 cm³/mol. The first-order chi connectivity index (χ1) is 21.8. The van der Waals surface area contributed by atoms with Gasteiger partial charge in [-0.3, -0.25) is 4.98 Å². The van der Waals surface area contributed by atoms with Crippen LogP contribution in [0.1, 0.15) is 0 Å². The summed E-state index contributed by atoms with van der Waals surface area (Å²) in [6.45, 7) is 0. The van der Waals surface area contributed by atoms with E-state index < -0.39 is 0 Å². The lowest BCUT2D eigenvalue weighted by Crippen LogP contribution is -2.00. The van der Waals surface area contributed by atoms with Gasteiger partial charge in [0, 0.05) is 28.3 Å². The molecule has 0 fully saturated rings. The Hall–Kier alpha value is -6.00. The molecule has 206 valence electrons. The summed E-state index contributed by atoms with van der Waals surface area (Å²) in [5.74, 6) is 1.97. The van der Waals surface area contributed by atoms with Crippen molar-refractivity contribution < 1.29 is 0 Å². The average molecular weight is 563 g/mol. The fourth-order valence-electron chi connectivity index (χ4n) is 5.70. The van der Waals surface area contributed by atoms with Gasteiger partial charge in [-0.2, -0.15) is 0 Å². The standard InChI is InChI=1S/C40H26N4/c1-3-9-29(10-4-1)38-42-39(30-11-5-2-6-12-30)44-40(43-38)31-20-16-27(17-21-31)32-22-18-28-19-23-33(26-34(28)25-32)35-13-7-15-37-36(35)14-8-24-41-37/h1-26H. The first-order valence-electron chi connectivity index (χ1n) is 14.6. The second-order valence-electron chi connectivity index (χ2n) is 10.8. The van der Waals surface area contributed by atoms with Crippen LogP contribution in [0, 0.1) is 0 Å². The zero-order valence-corrected chi connectivity index (χ0v) is 23.8. The van der Waals surface area contributed by atoms with Gasteiger partial charge in [0.1, 0.15) is 0 Å². The van der Waals surface area contributed by atoms with Crippen molar-refractivity contribution in [2.75, 3.05) is 0 Å². The maximum absolute atomic E-state index is 4.88. The van der Waals surface area contributed by atoms with E-state index >= 15 is 0 Å². The quantitative estimate of drug-likeness (QED) is 0.209. The highest BCUT2D eigenvalue weighted by molar-refractivity contribution is 5.98. The molecule has 0 aliphatic carbocycles. The van der Waals surface area contributed by atoms with Gasteiger partial charge < -0.3 is 0 Å². The highest BCUT2D eigenvalue weighted by Gasteiger charge is 2.13. The van der Waals surface area contributed by atoms with E-state index in [9.17, 15) is 0 Å². The van der Waals surface area contributed by atoms with E-state index in [1.165, 1.54) is 21.9 Å². The molecule has 0 spiro atoms. The zero-order chi connectivity index (χ0) is 29.3. The largest absolute Gasteiger partial charge is 0.256 e. The van der Waals surface area contributed by atoms with Gasteiger partial charge in [0.25, 0.3) is 0 Å². The fraction of sp³-hybridized carbons (Fsp3) is 0. The van der Waals surface area contributed by atoms with Gasteiger partial charge in [-0.1, -0.05) is 127 Å². The SMILES string of the molecule is c1ccc(-c2nc(-c3ccccc3)nc(-c3ccc(-c4ccc5ccc(-c6cccc7ncccc67)cc5c4)cc3)n2)cc1. The average Bonchev–Trinajstić information content (AvgIpc) is 3.11. The van der Waals surface area contributed by atoms with E-state index in [-0.39, 0.29) is 0 Å². The molecule has 6 aromatic carbocycles. The van der Waals surface area contributed by atoms with Crippen LogP contribution in [0.3, 0.4) is 0 Å². The summed E-state index contributed by atoms with van der Waals surface area (Å²) in [4.78, 5) is 19.1.